The van der Waals surface area contributed by atoms with Crippen LogP contribution in [0.5, 0.6) is 0 Å². The minimum Gasteiger partial charge on any atom is -0.376 e. The lowest BCUT2D eigenvalue weighted by atomic mass is 9.80. The van der Waals surface area contributed by atoms with Crippen molar-refractivity contribution in [3.63, 3.8) is 0 Å². The van der Waals surface area contributed by atoms with Crippen molar-refractivity contribution in [1.82, 2.24) is 9.80 Å². The van der Waals surface area contributed by atoms with Crippen molar-refractivity contribution >= 4 is 0 Å². The summed E-state index contributed by atoms with van der Waals surface area (Å²) >= 11 is 0. The lowest BCUT2D eigenvalue weighted by Gasteiger charge is -2.54. The van der Waals surface area contributed by atoms with Gasteiger partial charge in [-0.05, 0) is 45.4 Å². The van der Waals surface area contributed by atoms with Gasteiger partial charge < -0.3 is 10.2 Å². The number of hydrogen-bond acceptors (Lipinski definition) is 4. The third-order valence-corrected chi connectivity index (χ3v) is 4.86. The Kier molecular flexibility index (Phi) is 2.19. The third-order valence-electron chi connectivity index (χ3n) is 4.86. The first-order valence-electron chi connectivity index (χ1n) is 6.40. The Hall–Kier alpha value is -0.160. The van der Waals surface area contributed by atoms with Crippen molar-refractivity contribution in [2.75, 3.05) is 13.1 Å². The third kappa shape index (κ3) is 1.37. The van der Waals surface area contributed by atoms with Crippen LogP contribution < -0.4 is 0 Å². The van der Waals surface area contributed by atoms with Crippen LogP contribution in [0.1, 0.15) is 39.5 Å². The molecule has 0 aromatic rings. The highest BCUT2D eigenvalue weighted by Gasteiger charge is 2.55. The maximum atomic E-state index is 10.4. The van der Waals surface area contributed by atoms with Gasteiger partial charge in [-0.15, -0.1) is 0 Å². The molecule has 3 heterocycles. The van der Waals surface area contributed by atoms with E-state index in [1.165, 1.54) is 0 Å². The van der Waals surface area contributed by atoms with Crippen LogP contribution >= 0.6 is 0 Å². The van der Waals surface area contributed by atoms with Crippen molar-refractivity contribution in [2.24, 2.45) is 5.92 Å². The van der Waals surface area contributed by atoms with Crippen molar-refractivity contribution in [1.29, 1.82) is 0 Å². The van der Waals surface area contributed by atoms with Crippen LogP contribution in [0.3, 0.4) is 0 Å². The monoisotopic (exact) mass is 226 g/mol. The SMILES string of the molecule is CC1(O)CCC2CCC(C)(O)N3CCN1C23. The maximum Gasteiger partial charge on any atom is 0.116 e. The van der Waals surface area contributed by atoms with E-state index >= 15 is 0 Å². The van der Waals surface area contributed by atoms with E-state index in [9.17, 15) is 10.2 Å². The summed E-state index contributed by atoms with van der Waals surface area (Å²) in [7, 11) is 0. The van der Waals surface area contributed by atoms with Gasteiger partial charge in [0.2, 0.25) is 0 Å². The Bertz CT molecular complexity index is 275. The summed E-state index contributed by atoms with van der Waals surface area (Å²) in [4.78, 5) is 4.38. The largest absolute Gasteiger partial charge is 0.376 e. The van der Waals surface area contributed by atoms with Gasteiger partial charge in [0.25, 0.3) is 0 Å². The van der Waals surface area contributed by atoms with Gasteiger partial charge >= 0.3 is 0 Å². The molecule has 2 N–H and O–H groups in total. The van der Waals surface area contributed by atoms with Gasteiger partial charge in [-0.25, -0.2) is 0 Å². The molecule has 0 aliphatic carbocycles. The number of rotatable bonds is 0. The normalized spacial score (nSPS) is 54.0. The molecular formula is C12H22N2O2. The first-order valence-corrected chi connectivity index (χ1v) is 6.40. The molecule has 16 heavy (non-hydrogen) atoms. The Morgan fingerprint density at radius 2 is 1.38 bits per heavy atom. The van der Waals surface area contributed by atoms with Gasteiger partial charge in [0, 0.05) is 13.1 Å². The molecule has 0 radical (unpaired) electrons. The summed E-state index contributed by atoms with van der Waals surface area (Å²) in [5, 5.41) is 20.8. The van der Waals surface area contributed by atoms with E-state index in [0.717, 1.165) is 38.8 Å². The zero-order chi connectivity index (χ0) is 11.6. The lowest BCUT2D eigenvalue weighted by Crippen LogP contribution is -2.64. The average Bonchev–Trinajstić information content (AvgIpc) is 2.62. The molecule has 0 amide bonds. The van der Waals surface area contributed by atoms with Gasteiger partial charge in [-0.1, -0.05) is 0 Å². The highest BCUT2D eigenvalue weighted by atomic mass is 16.3. The molecule has 4 heteroatoms. The first kappa shape index (κ1) is 11.0. The van der Waals surface area contributed by atoms with Crippen LogP contribution in [0.2, 0.25) is 0 Å². The fourth-order valence-electron chi connectivity index (χ4n) is 3.86. The smallest absolute Gasteiger partial charge is 0.116 e. The Labute approximate surface area is 96.8 Å². The van der Waals surface area contributed by atoms with Crippen molar-refractivity contribution in [3.8, 4) is 0 Å². The molecule has 0 bridgehead atoms. The quantitative estimate of drug-likeness (QED) is 0.633. The van der Waals surface area contributed by atoms with Gasteiger partial charge in [0.1, 0.15) is 11.4 Å². The molecule has 2 unspecified atom stereocenters. The molecule has 3 aliphatic rings. The van der Waals surface area contributed by atoms with E-state index < -0.39 is 11.4 Å². The minimum absolute atomic E-state index is 0.257. The molecule has 0 aromatic heterocycles. The molecule has 0 aromatic carbocycles. The minimum atomic E-state index is -0.677. The molecule has 3 fully saturated rings. The number of aliphatic hydroxyl groups is 2. The Morgan fingerprint density at radius 1 is 0.938 bits per heavy atom. The van der Waals surface area contributed by atoms with Gasteiger partial charge in [-0.3, -0.25) is 9.80 Å². The molecular weight excluding hydrogens is 204 g/mol. The standard InChI is InChI=1S/C12H22N2O2/c1-11(15)5-3-9-4-6-12(2,16)14-8-7-13(11)10(9)14/h9-10,15-16H,3-8H2,1-2H3. The summed E-state index contributed by atoms with van der Waals surface area (Å²) in [6.07, 6.45) is 4.16. The zero-order valence-electron chi connectivity index (χ0n) is 10.2. The molecule has 3 aliphatic heterocycles. The topological polar surface area (TPSA) is 46.9 Å². The van der Waals surface area contributed by atoms with Gasteiger partial charge in [-0.2, -0.15) is 0 Å². The van der Waals surface area contributed by atoms with Crippen LogP contribution in [-0.2, 0) is 0 Å². The van der Waals surface area contributed by atoms with E-state index in [-0.39, 0.29) is 6.17 Å². The molecule has 0 spiro atoms. The highest BCUT2D eigenvalue weighted by Crippen LogP contribution is 2.46. The summed E-state index contributed by atoms with van der Waals surface area (Å²) in [5.41, 5.74) is -1.35. The summed E-state index contributed by atoms with van der Waals surface area (Å²) < 4.78 is 0. The molecule has 3 rings (SSSR count). The molecule has 3 saturated heterocycles. The van der Waals surface area contributed by atoms with E-state index in [1.807, 2.05) is 13.8 Å². The van der Waals surface area contributed by atoms with Crippen LogP contribution in [-0.4, -0.2) is 50.7 Å². The number of hydrogen-bond donors (Lipinski definition) is 2. The molecule has 0 saturated carbocycles. The van der Waals surface area contributed by atoms with Crippen molar-refractivity contribution in [3.05, 3.63) is 0 Å². The lowest BCUT2D eigenvalue weighted by molar-refractivity contribution is -0.221. The fraction of sp³-hybridized carbons (Fsp3) is 1.00. The highest BCUT2D eigenvalue weighted by molar-refractivity contribution is 5.02. The maximum absolute atomic E-state index is 10.4. The second-order valence-electron chi connectivity index (χ2n) is 6.07. The summed E-state index contributed by atoms with van der Waals surface area (Å²) in [5.74, 6) is 0.628. The van der Waals surface area contributed by atoms with Crippen LogP contribution in [0.4, 0.5) is 0 Å². The molecule has 4 nitrogen and oxygen atoms in total. The predicted molar refractivity (Wildman–Crippen MR) is 60.4 cm³/mol. The van der Waals surface area contributed by atoms with Crippen molar-refractivity contribution < 1.29 is 10.2 Å². The van der Waals surface area contributed by atoms with Crippen LogP contribution in [0, 0.1) is 5.92 Å². The zero-order valence-corrected chi connectivity index (χ0v) is 10.2. The van der Waals surface area contributed by atoms with E-state index in [2.05, 4.69) is 9.80 Å². The second-order valence-corrected chi connectivity index (χ2v) is 6.07. The van der Waals surface area contributed by atoms with Gasteiger partial charge in [0.15, 0.2) is 0 Å². The fourth-order valence-corrected chi connectivity index (χ4v) is 3.86. The van der Waals surface area contributed by atoms with Gasteiger partial charge in [0.05, 0.1) is 6.17 Å². The summed E-state index contributed by atoms with van der Waals surface area (Å²) in [6, 6.07) is 0. The number of nitrogens with zero attached hydrogens (tertiary/aromatic N) is 2. The first-order chi connectivity index (χ1) is 7.42. The molecule has 2 atom stereocenters. The average molecular weight is 226 g/mol. The predicted octanol–water partition coefficient (Wildman–Crippen LogP) is 0.551. The second kappa shape index (κ2) is 3.19. The van der Waals surface area contributed by atoms with E-state index in [1.54, 1.807) is 0 Å². The van der Waals surface area contributed by atoms with Crippen molar-refractivity contribution in [2.45, 2.75) is 57.1 Å². The van der Waals surface area contributed by atoms with Crippen LogP contribution in [0.15, 0.2) is 0 Å². The molecule has 92 valence electrons. The van der Waals surface area contributed by atoms with E-state index in [4.69, 9.17) is 0 Å². The van der Waals surface area contributed by atoms with E-state index in [0.29, 0.717) is 5.92 Å². The number of piperidine rings is 2. The van der Waals surface area contributed by atoms with Crippen LogP contribution in [0.25, 0.3) is 0 Å². The Balaban J connectivity index is 1.93. The summed E-state index contributed by atoms with van der Waals surface area (Å²) in [6.45, 7) is 5.58. The Morgan fingerprint density at radius 3 is 1.81 bits per heavy atom.